The quantitative estimate of drug-likeness (QED) is 0.455. The predicted octanol–water partition coefficient (Wildman–Crippen LogP) is 5.06. The van der Waals surface area contributed by atoms with Crippen LogP contribution in [0, 0.1) is 11.8 Å². The Balaban J connectivity index is 2.44. The van der Waals surface area contributed by atoms with Gasteiger partial charge in [-0.25, -0.2) is 0 Å². The molecule has 2 aliphatic carbocycles. The van der Waals surface area contributed by atoms with Gasteiger partial charge in [-0.05, 0) is 65.2 Å². The lowest BCUT2D eigenvalue weighted by atomic mass is 9.99. The van der Waals surface area contributed by atoms with Gasteiger partial charge in [-0.15, -0.1) is 0 Å². The summed E-state index contributed by atoms with van der Waals surface area (Å²) in [5.74, 6) is 1.00. The predicted molar refractivity (Wildman–Crippen MR) is 98.4 cm³/mol. The van der Waals surface area contributed by atoms with Crippen molar-refractivity contribution in [3.63, 3.8) is 0 Å². The summed E-state index contributed by atoms with van der Waals surface area (Å²) in [7, 11) is -7.57. The molecule has 0 aromatic rings. The van der Waals surface area contributed by atoms with E-state index in [0.29, 0.717) is 11.8 Å². The lowest BCUT2D eigenvalue weighted by Crippen LogP contribution is -2.20. The summed E-state index contributed by atoms with van der Waals surface area (Å²) >= 11 is 0. The normalized spacial score (nSPS) is 25.4. The van der Waals surface area contributed by atoms with Gasteiger partial charge in [0.25, 0.3) is 5.52 Å². The van der Waals surface area contributed by atoms with Crippen LogP contribution >= 0.6 is 15.2 Å². The number of nitrogens with zero attached hydrogens (tertiary/aromatic N) is 1. The van der Waals surface area contributed by atoms with E-state index >= 15 is 0 Å². The maximum atomic E-state index is 13.4. The maximum Gasteiger partial charge on any atom is 0.367 e. The van der Waals surface area contributed by atoms with Crippen molar-refractivity contribution >= 4 is 20.9 Å². The standard InChI is InChI=1S/C16H31NO6P2/c1-5-20-24(18,21-6-2)16(25(19,22-7-3)23-8-4)17-15-12-13-9-10-14(15)11-13/h13-14,16H,5-12H2,1-4H3/b17-15-/t13-,14+/m1/s1. The van der Waals surface area contributed by atoms with E-state index in [0.717, 1.165) is 25.0 Å². The Morgan fingerprint density at radius 2 is 1.40 bits per heavy atom. The summed E-state index contributed by atoms with van der Waals surface area (Å²) in [6.45, 7) is 7.57. The van der Waals surface area contributed by atoms with Crippen LogP contribution < -0.4 is 0 Å². The molecule has 7 nitrogen and oxygen atoms in total. The van der Waals surface area contributed by atoms with Crippen LogP contribution in [-0.4, -0.2) is 37.7 Å². The molecule has 0 amide bonds. The van der Waals surface area contributed by atoms with Crippen LogP contribution in [0.5, 0.6) is 0 Å². The number of hydrogen-bond acceptors (Lipinski definition) is 7. The molecular formula is C16H31NO6P2. The number of hydrogen-bond donors (Lipinski definition) is 0. The molecule has 0 heterocycles. The molecule has 2 fully saturated rings. The molecule has 25 heavy (non-hydrogen) atoms. The van der Waals surface area contributed by atoms with E-state index in [4.69, 9.17) is 18.1 Å². The summed E-state index contributed by atoms with van der Waals surface area (Å²) < 4.78 is 48.7. The summed E-state index contributed by atoms with van der Waals surface area (Å²) in [4.78, 5) is 4.67. The Morgan fingerprint density at radius 1 is 0.920 bits per heavy atom. The molecule has 2 aliphatic rings. The fourth-order valence-electron chi connectivity index (χ4n) is 3.71. The van der Waals surface area contributed by atoms with Crippen LogP contribution in [-0.2, 0) is 27.2 Å². The van der Waals surface area contributed by atoms with Gasteiger partial charge in [0.1, 0.15) is 0 Å². The SMILES string of the molecule is CCOP(=O)(OCC)C(/N=C1/C[C@@H]2CC[C@H]1C2)P(=O)(OCC)OCC. The largest absolute Gasteiger partial charge is 0.367 e. The van der Waals surface area contributed by atoms with E-state index in [1.165, 1.54) is 6.42 Å². The van der Waals surface area contributed by atoms with Gasteiger partial charge in [-0.2, -0.15) is 0 Å². The van der Waals surface area contributed by atoms with Crippen molar-refractivity contribution in [1.29, 1.82) is 0 Å². The molecule has 0 N–H and O–H groups in total. The van der Waals surface area contributed by atoms with Crippen LogP contribution in [0.1, 0.15) is 53.4 Å². The summed E-state index contributed by atoms with van der Waals surface area (Å²) in [5, 5.41) is 0. The van der Waals surface area contributed by atoms with E-state index in [1.807, 2.05) is 0 Å². The van der Waals surface area contributed by atoms with Gasteiger partial charge in [0.05, 0.1) is 26.4 Å². The smallest absolute Gasteiger partial charge is 0.307 e. The molecule has 0 aromatic carbocycles. The lowest BCUT2D eigenvalue weighted by molar-refractivity contribution is 0.196. The molecule has 2 rings (SSSR count). The van der Waals surface area contributed by atoms with Crippen LogP contribution in [0.4, 0.5) is 0 Å². The van der Waals surface area contributed by atoms with Crippen LogP contribution in [0.3, 0.4) is 0 Å². The number of fused-ring (bicyclic) bond motifs is 2. The molecule has 2 bridgehead atoms. The fourth-order valence-corrected chi connectivity index (χ4v) is 8.59. The lowest BCUT2D eigenvalue weighted by Gasteiger charge is -2.30. The van der Waals surface area contributed by atoms with Gasteiger partial charge in [-0.1, -0.05) is 0 Å². The fraction of sp³-hybridized carbons (Fsp3) is 0.938. The van der Waals surface area contributed by atoms with Crippen LogP contribution in [0.2, 0.25) is 0 Å². The summed E-state index contributed by atoms with van der Waals surface area (Å²) in [6, 6.07) is 0. The van der Waals surface area contributed by atoms with Crippen molar-refractivity contribution in [2.24, 2.45) is 16.8 Å². The van der Waals surface area contributed by atoms with Gasteiger partial charge in [-0.3, -0.25) is 14.1 Å². The third-order valence-corrected chi connectivity index (χ3v) is 10.1. The first-order chi connectivity index (χ1) is 11.9. The minimum atomic E-state index is -3.79. The van der Waals surface area contributed by atoms with Crippen molar-refractivity contribution in [2.45, 2.75) is 58.9 Å². The first kappa shape index (κ1) is 21.3. The van der Waals surface area contributed by atoms with Crippen molar-refractivity contribution in [2.75, 3.05) is 26.4 Å². The molecule has 0 aliphatic heterocycles. The molecular weight excluding hydrogens is 364 g/mol. The molecule has 0 radical (unpaired) electrons. The van der Waals surface area contributed by atoms with Gasteiger partial charge < -0.3 is 18.1 Å². The minimum Gasteiger partial charge on any atom is -0.307 e. The second-order valence-electron chi connectivity index (χ2n) is 6.30. The van der Waals surface area contributed by atoms with Gasteiger partial charge >= 0.3 is 15.2 Å². The zero-order valence-electron chi connectivity index (χ0n) is 15.7. The first-order valence-corrected chi connectivity index (χ1v) is 12.5. The first-order valence-electron chi connectivity index (χ1n) is 9.26. The maximum absolute atomic E-state index is 13.4. The van der Waals surface area contributed by atoms with Crippen molar-refractivity contribution in [3.8, 4) is 0 Å². The van der Waals surface area contributed by atoms with E-state index in [2.05, 4.69) is 4.99 Å². The zero-order valence-corrected chi connectivity index (χ0v) is 17.5. The monoisotopic (exact) mass is 395 g/mol. The summed E-state index contributed by atoms with van der Waals surface area (Å²) in [5.41, 5.74) is -0.297. The zero-order chi connectivity index (χ0) is 18.5. The Labute approximate surface area is 150 Å². The van der Waals surface area contributed by atoms with Gasteiger partial charge in [0.15, 0.2) is 0 Å². The highest BCUT2D eigenvalue weighted by atomic mass is 31.2. The molecule has 2 saturated carbocycles. The average molecular weight is 395 g/mol. The van der Waals surface area contributed by atoms with Crippen molar-refractivity contribution in [1.82, 2.24) is 0 Å². The molecule has 0 aromatic heterocycles. The Morgan fingerprint density at radius 3 is 1.72 bits per heavy atom. The van der Waals surface area contributed by atoms with E-state index in [-0.39, 0.29) is 26.4 Å². The second-order valence-corrected chi connectivity index (χ2v) is 10.9. The van der Waals surface area contributed by atoms with Gasteiger partial charge in [0.2, 0.25) is 0 Å². The van der Waals surface area contributed by atoms with E-state index in [9.17, 15) is 9.13 Å². The van der Waals surface area contributed by atoms with E-state index < -0.39 is 20.7 Å². The van der Waals surface area contributed by atoms with Crippen LogP contribution in [0.15, 0.2) is 4.99 Å². The number of rotatable bonds is 11. The highest BCUT2D eigenvalue weighted by Gasteiger charge is 2.52. The Bertz CT molecular complexity index is 517. The third-order valence-electron chi connectivity index (χ3n) is 4.59. The highest BCUT2D eigenvalue weighted by Crippen LogP contribution is 2.71. The molecule has 146 valence electrons. The topological polar surface area (TPSA) is 83.4 Å². The third kappa shape index (κ3) is 4.82. The van der Waals surface area contributed by atoms with Crippen molar-refractivity contribution < 1.29 is 27.2 Å². The average Bonchev–Trinajstić information content (AvgIpc) is 3.16. The molecule has 2 atom stereocenters. The molecule has 0 spiro atoms. The highest BCUT2D eigenvalue weighted by molar-refractivity contribution is 7.72. The molecule has 0 unspecified atom stereocenters. The summed E-state index contributed by atoms with van der Waals surface area (Å²) in [6.07, 6.45) is 4.25. The molecule has 0 saturated heterocycles. The Hall–Kier alpha value is -0.0300. The minimum absolute atomic E-state index is 0.170. The van der Waals surface area contributed by atoms with E-state index in [1.54, 1.807) is 27.7 Å². The van der Waals surface area contributed by atoms with Crippen LogP contribution in [0.25, 0.3) is 0 Å². The van der Waals surface area contributed by atoms with Crippen molar-refractivity contribution in [3.05, 3.63) is 0 Å². The Kier molecular flexibility index (Phi) is 7.87. The second kappa shape index (κ2) is 9.25. The van der Waals surface area contributed by atoms with Gasteiger partial charge in [0, 0.05) is 5.71 Å². The number of aliphatic imine (C=N–C) groups is 1. The molecule has 9 heteroatoms.